The summed E-state index contributed by atoms with van der Waals surface area (Å²) >= 11 is 0. The van der Waals surface area contributed by atoms with Crippen LogP contribution in [0.5, 0.6) is 0 Å². The molecule has 0 bridgehead atoms. The van der Waals surface area contributed by atoms with Gasteiger partial charge in [0.05, 0.1) is 5.75 Å². The van der Waals surface area contributed by atoms with Crippen molar-refractivity contribution in [1.82, 2.24) is 4.72 Å². The van der Waals surface area contributed by atoms with Crippen molar-refractivity contribution < 1.29 is 13.2 Å². The summed E-state index contributed by atoms with van der Waals surface area (Å²) in [5, 5.41) is 2.85. The van der Waals surface area contributed by atoms with Crippen molar-refractivity contribution in [3.05, 3.63) is 29.8 Å². The number of halogens is 1. The predicted octanol–water partition coefficient (Wildman–Crippen LogP) is 2.78. The van der Waals surface area contributed by atoms with Crippen LogP contribution in [0.2, 0.25) is 0 Å². The van der Waals surface area contributed by atoms with E-state index in [0.717, 1.165) is 19.3 Å². The lowest BCUT2D eigenvalue weighted by atomic mass is 10.00. The second-order valence-corrected chi connectivity index (χ2v) is 9.64. The molecule has 1 saturated carbocycles. The van der Waals surface area contributed by atoms with Gasteiger partial charge in [-0.3, -0.25) is 4.79 Å². The Bertz CT molecular complexity index is 717. The molecule has 2 rings (SSSR count). The molecule has 0 heterocycles. The number of nitrogens with one attached hydrogen (secondary N) is 2. The Morgan fingerprint density at radius 1 is 1.27 bits per heavy atom. The SMILES string of the molecule is CC(C)(C)NS(=O)(=O)Cc1cccc(NC(=O)C[C@@H]2CCC[C@H]2N)c1.Cl. The highest BCUT2D eigenvalue weighted by Crippen LogP contribution is 2.27. The Morgan fingerprint density at radius 3 is 2.54 bits per heavy atom. The highest BCUT2D eigenvalue weighted by atomic mass is 35.5. The molecule has 1 aromatic carbocycles. The summed E-state index contributed by atoms with van der Waals surface area (Å²) < 4.78 is 27.0. The molecule has 2 atom stereocenters. The maximum absolute atomic E-state index is 12.2. The van der Waals surface area contributed by atoms with Gasteiger partial charge in [0.1, 0.15) is 0 Å². The molecule has 1 fully saturated rings. The van der Waals surface area contributed by atoms with E-state index in [4.69, 9.17) is 5.73 Å². The van der Waals surface area contributed by atoms with Gasteiger partial charge in [-0.15, -0.1) is 12.4 Å². The van der Waals surface area contributed by atoms with Gasteiger partial charge in [0.15, 0.2) is 0 Å². The molecule has 0 aromatic heterocycles. The van der Waals surface area contributed by atoms with Gasteiger partial charge in [-0.2, -0.15) is 0 Å². The normalized spacial score (nSPS) is 20.5. The maximum Gasteiger partial charge on any atom is 0.224 e. The summed E-state index contributed by atoms with van der Waals surface area (Å²) in [6, 6.07) is 7.06. The number of hydrogen-bond donors (Lipinski definition) is 3. The van der Waals surface area contributed by atoms with Crippen LogP contribution in [0.4, 0.5) is 5.69 Å². The first-order valence-electron chi connectivity index (χ1n) is 8.70. The van der Waals surface area contributed by atoms with Gasteiger partial charge in [0.2, 0.25) is 15.9 Å². The standard InChI is InChI=1S/C18H29N3O3S.ClH/c1-18(2,3)21-25(23,24)12-13-6-4-8-15(10-13)20-17(22)11-14-7-5-9-16(14)19;/h4,6,8,10,14,16,21H,5,7,9,11-12,19H2,1-3H3,(H,20,22);1H/t14-,16+;/m0./s1. The van der Waals surface area contributed by atoms with Crippen molar-refractivity contribution in [3.8, 4) is 0 Å². The average molecular weight is 404 g/mol. The van der Waals surface area contributed by atoms with Crippen LogP contribution in [-0.4, -0.2) is 25.9 Å². The van der Waals surface area contributed by atoms with Gasteiger partial charge in [-0.05, 0) is 57.2 Å². The molecular formula is C18H30ClN3O3S. The number of carbonyl (C=O) groups excluding carboxylic acids is 1. The zero-order valence-corrected chi connectivity index (χ0v) is 17.3. The molecule has 0 saturated heterocycles. The van der Waals surface area contributed by atoms with Crippen LogP contribution in [0, 0.1) is 5.92 Å². The number of benzene rings is 1. The van der Waals surface area contributed by atoms with Gasteiger partial charge in [0, 0.05) is 23.7 Å². The molecule has 6 nitrogen and oxygen atoms in total. The lowest BCUT2D eigenvalue weighted by molar-refractivity contribution is -0.117. The lowest BCUT2D eigenvalue weighted by Gasteiger charge is -2.20. The van der Waals surface area contributed by atoms with Crippen LogP contribution in [0.1, 0.15) is 52.0 Å². The first-order chi connectivity index (χ1) is 11.5. The fourth-order valence-electron chi connectivity index (χ4n) is 3.23. The highest BCUT2D eigenvalue weighted by molar-refractivity contribution is 7.88. The van der Waals surface area contributed by atoms with Crippen LogP contribution in [0.15, 0.2) is 24.3 Å². The van der Waals surface area contributed by atoms with Crippen molar-refractivity contribution in [3.63, 3.8) is 0 Å². The van der Waals surface area contributed by atoms with E-state index >= 15 is 0 Å². The Morgan fingerprint density at radius 2 is 1.96 bits per heavy atom. The number of anilines is 1. The number of amides is 1. The summed E-state index contributed by atoms with van der Waals surface area (Å²) in [7, 11) is -3.44. The van der Waals surface area contributed by atoms with E-state index in [1.807, 2.05) is 0 Å². The summed E-state index contributed by atoms with van der Waals surface area (Å²) in [6.07, 6.45) is 3.46. The van der Waals surface area contributed by atoms with E-state index in [1.165, 1.54) is 0 Å². The third kappa shape index (κ3) is 7.61. The van der Waals surface area contributed by atoms with Gasteiger partial charge in [-0.25, -0.2) is 13.1 Å². The molecule has 1 aliphatic rings. The summed E-state index contributed by atoms with van der Waals surface area (Å²) in [4.78, 5) is 12.2. The van der Waals surface area contributed by atoms with Crippen molar-refractivity contribution in [2.24, 2.45) is 11.7 Å². The highest BCUT2D eigenvalue weighted by Gasteiger charge is 2.26. The first kappa shape index (κ1) is 22.9. The van der Waals surface area contributed by atoms with E-state index < -0.39 is 15.6 Å². The van der Waals surface area contributed by atoms with Crippen LogP contribution < -0.4 is 15.8 Å². The molecule has 26 heavy (non-hydrogen) atoms. The number of rotatable bonds is 6. The molecule has 1 aromatic rings. The van der Waals surface area contributed by atoms with Crippen LogP contribution in [0.25, 0.3) is 0 Å². The zero-order chi connectivity index (χ0) is 18.7. The van der Waals surface area contributed by atoms with Gasteiger partial charge < -0.3 is 11.1 Å². The van der Waals surface area contributed by atoms with E-state index in [0.29, 0.717) is 17.7 Å². The summed E-state index contributed by atoms with van der Waals surface area (Å²) in [5.74, 6) is 0.0382. The van der Waals surface area contributed by atoms with Gasteiger partial charge in [-0.1, -0.05) is 18.6 Å². The fourth-order valence-corrected chi connectivity index (χ4v) is 4.85. The monoisotopic (exact) mass is 403 g/mol. The summed E-state index contributed by atoms with van der Waals surface area (Å²) in [5.41, 5.74) is 6.73. The molecule has 1 amide bonds. The molecule has 0 radical (unpaired) electrons. The Balaban J connectivity index is 0.00000338. The molecular weight excluding hydrogens is 374 g/mol. The van der Waals surface area contributed by atoms with Crippen LogP contribution in [-0.2, 0) is 20.6 Å². The Hall–Kier alpha value is -1.15. The van der Waals surface area contributed by atoms with Crippen LogP contribution >= 0.6 is 12.4 Å². The largest absolute Gasteiger partial charge is 0.327 e. The minimum atomic E-state index is -3.44. The second-order valence-electron chi connectivity index (χ2n) is 7.92. The topological polar surface area (TPSA) is 101 Å². The van der Waals surface area contributed by atoms with Crippen molar-refractivity contribution in [1.29, 1.82) is 0 Å². The summed E-state index contributed by atoms with van der Waals surface area (Å²) in [6.45, 7) is 5.40. The quantitative estimate of drug-likeness (QED) is 0.679. The van der Waals surface area contributed by atoms with E-state index in [1.54, 1.807) is 45.0 Å². The number of sulfonamides is 1. The van der Waals surface area contributed by atoms with Crippen molar-refractivity contribution in [2.75, 3.05) is 5.32 Å². The molecule has 0 aliphatic heterocycles. The molecule has 1 aliphatic carbocycles. The third-order valence-corrected chi connectivity index (χ3v) is 5.83. The zero-order valence-electron chi connectivity index (χ0n) is 15.6. The number of hydrogen-bond acceptors (Lipinski definition) is 4. The Labute approximate surface area is 162 Å². The molecule has 8 heteroatoms. The van der Waals surface area contributed by atoms with Crippen LogP contribution in [0.3, 0.4) is 0 Å². The van der Waals surface area contributed by atoms with Crippen molar-refractivity contribution in [2.45, 2.75) is 63.8 Å². The number of carbonyl (C=O) groups is 1. The van der Waals surface area contributed by atoms with E-state index in [9.17, 15) is 13.2 Å². The molecule has 0 unspecified atom stereocenters. The third-order valence-electron chi connectivity index (χ3n) is 4.19. The molecule has 4 N–H and O–H groups in total. The average Bonchev–Trinajstić information content (AvgIpc) is 2.81. The van der Waals surface area contributed by atoms with Gasteiger partial charge >= 0.3 is 0 Å². The van der Waals surface area contributed by atoms with Gasteiger partial charge in [0.25, 0.3) is 0 Å². The van der Waals surface area contributed by atoms with E-state index in [2.05, 4.69) is 10.0 Å². The fraction of sp³-hybridized carbons (Fsp3) is 0.611. The smallest absolute Gasteiger partial charge is 0.224 e. The maximum atomic E-state index is 12.2. The Kier molecular flexibility index (Phi) is 8.07. The lowest BCUT2D eigenvalue weighted by Crippen LogP contribution is -2.41. The predicted molar refractivity (Wildman–Crippen MR) is 108 cm³/mol. The minimum Gasteiger partial charge on any atom is -0.327 e. The van der Waals surface area contributed by atoms with E-state index in [-0.39, 0.29) is 36.0 Å². The minimum absolute atomic E-state index is 0. The first-order valence-corrected chi connectivity index (χ1v) is 10.4. The number of nitrogens with two attached hydrogens (primary N) is 1. The molecule has 148 valence electrons. The van der Waals surface area contributed by atoms with Crippen molar-refractivity contribution >= 4 is 34.0 Å². The molecule has 0 spiro atoms. The second kappa shape index (κ2) is 9.17.